The van der Waals surface area contributed by atoms with Crippen molar-refractivity contribution in [3.05, 3.63) is 16.0 Å². The van der Waals surface area contributed by atoms with E-state index in [1.54, 1.807) is 6.92 Å². The SMILES string of the molecule is CCOC(=O)N1CCc2c(sc(NC(=O)CN3C(=O)CCC3=O)c2C(N)=O)C1. The van der Waals surface area contributed by atoms with E-state index in [-0.39, 0.29) is 36.6 Å². The lowest BCUT2D eigenvalue weighted by molar-refractivity contribution is -0.141. The minimum absolute atomic E-state index is 0.0929. The Balaban J connectivity index is 1.77. The van der Waals surface area contributed by atoms with Crippen LogP contribution in [0.4, 0.5) is 9.80 Å². The van der Waals surface area contributed by atoms with Gasteiger partial charge in [0.15, 0.2) is 0 Å². The number of hydrogen-bond acceptors (Lipinski definition) is 7. The van der Waals surface area contributed by atoms with Crippen LogP contribution in [0.15, 0.2) is 0 Å². The Labute approximate surface area is 164 Å². The first kappa shape index (κ1) is 19.8. The number of thiophene rings is 1. The van der Waals surface area contributed by atoms with E-state index in [4.69, 9.17) is 10.5 Å². The number of carbonyl (C=O) groups is 5. The van der Waals surface area contributed by atoms with Crippen LogP contribution >= 0.6 is 11.3 Å². The second kappa shape index (κ2) is 7.97. The highest BCUT2D eigenvalue weighted by molar-refractivity contribution is 7.17. The number of fused-ring (bicyclic) bond motifs is 1. The largest absolute Gasteiger partial charge is 0.450 e. The number of nitrogens with zero attached hydrogens (tertiary/aromatic N) is 2. The van der Waals surface area contributed by atoms with Crippen molar-refractivity contribution in [2.24, 2.45) is 5.73 Å². The summed E-state index contributed by atoms with van der Waals surface area (Å²) in [5.41, 5.74) is 6.40. The van der Waals surface area contributed by atoms with E-state index in [0.717, 1.165) is 21.1 Å². The molecule has 0 atom stereocenters. The molecule has 0 aliphatic carbocycles. The summed E-state index contributed by atoms with van der Waals surface area (Å²) in [6.45, 7) is 2.18. The summed E-state index contributed by atoms with van der Waals surface area (Å²) in [4.78, 5) is 62.7. The van der Waals surface area contributed by atoms with Gasteiger partial charge in [-0.1, -0.05) is 0 Å². The molecule has 0 aromatic carbocycles. The van der Waals surface area contributed by atoms with Crippen molar-refractivity contribution in [3.8, 4) is 0 Å². The minimum Gasteiger partial charge on any atom is -0.450 e. The number of hydrogen-bond donors (Lipinski definition) is 2. The Morgan fingerprint density at radius 3 is 2.46 bits per heavy atom. The molecular formula is C17H20N4O6S. The average Bonchev–Trinajstić information content (AvgIpc) is 3.15. The highest BCUT2D eigenvalue weighted by Crippen LogP contribution is 2.37. The van der Waals surface area contributed by atoms with Gasteiger partial charge in [0.1, 0.15) is 11.5 Å². The molecule has 150 valence electrons. The number of ether oxygens (including phenoxy) is 1. The van der Waals surface area contributed by atoms with Gasteiger partial charge in [-0.2, -0.15) is 0 Å². The highest BCUT2D eigenvalue weighted by atomic mass is 32.1. The number of imide groups is 1. The third-order valence-electron chi connectivity index (χ3n) is 4.54. The Bertz CT molecular complexity index is 848. The Kier molecular flexibility index (Phi) is 5.63. The summed E-state index contributed by atoms with van der Waals surface area (Å²) in [5, 5.41) is 2.84. The zero-order valence-electron chi connectivity index (χ0n) is 15.3. The maximum absolute atomic E-state index is 12.3. The zero-order chi connectivity index (χ0) is 20.4. The van der Waals surface area contributed by atoms with Gasteiger partial charge in [0.2, 0.25) is 17.7 Å². The molecule has 0 unspecified atom stereocenters. The molecule has 10 nitrogen and oxygen atoms in total. The molecule has 1 aromatic rings. The van der Waals surface area contributed by atoms with E-state index < -0.39 is 36.3 Å². The quantitative estimate of drug-likeness (QED) is 0.678. The predicted octanol–water partition coefficient (Wildman–Crippen LogP) is 0.449. The topological polar surface area (TPSA) is 139 Å². The lowest BCUT2D eigenvalue weighted by Crippen LogP contribution is -2.37. The van der Waals surface area contributed by atoms with Crippen molar-refractivity contribution in [2.75, 3.05) is 25.0 Å². The summed E-state index contributed by atoms with van der Waals surface area (Å²) in [6.07, 6.45) is 0.145. The molecular weight excluding hydrogens is 388 g/mol. The van der Waals surface area contributed by atoms with Crippen LogP contribution in [0.5, 0.6) is 0 Å². The maximum Gasteiger partial charge on any atom is 0.410 e. The minimum atomic E-state index is -0.689. The van der Waals surface area contributed by atoms with Crippen molar-refractivity contribution in [3.63, 3.8) is 0 Å². The standard InChI is InChI=1S/C17H20N4O6S/c1-2-27-17(26)20-6-5-9-10(7-20)28-16(14(9)15(18)25)19-11(22)8-21-12(23)3-4-13(21)24/h2-8H2,1H3,(H2,18,25)(H,19,22). The van der Waals surface area contributed by atoms with Crippen LogP contribution in [-0.4, -0.2) is 59.2 Å². The second-order valence-corrected chi connectivity index (χ2v) is 7.47. The average molecular weight is 408 g/mol. The van der Waals surface area contributed by atoms with Gasteiger partial charge in [-0.05, 0) is 18.9 Å². The Morgan fingerprint density at radius 2 is 1.86 bits per heavy atom. The number of amides is 5. The first-order valence-corrected chi connectivity index (χ1v) is 9.62. The molecule has 0 spiro atoms. The molecule has 1 fully saturated rings. The molecule has 5 amide bonds. The van der Waals surface area contributed by atoms with Crippen LogP contribution < -0.4 is 11.1 Å². The van der Waals surface area contributed by atoms with Crippen molar-refractivity contribution in [1.29, 1.82) is 0 Å². The van der Waals surface area contributed by atoms with Crippen LogP contribution in [0, 0.1) is 0 Å². The van der Waals surface area contributed by atoms with Gasteiger partial charge in [-0.3, -0.25) is 24.1 Å². The van der Waals surface area contributed by atoms with Gasteiger partial charge in [0.25, 0.3) is 5.91 Å². The predicted molar refractivity (Wildman–Crippen MR) is 98.6 cm³/mol. The van der Waals surface area contributed by atoms with Crippen molar-refractivity contribution < 1.29 is 28.7 Å². The molecule has 3 N–H and O–H groups in total. The molecule has 2 aliphatic heterocycles. The molecule has 0 radical (unpaired) electrons. The fourth-order valence-electron chi connectivity index (χ4n) is 3.23. The molecule has 1 aromatic heterocycles. The maximum atomic E-state index is 12.3. The van der Waals surface area contributed by atoms with Gasteiger partial charge in [0, 0.05) is 24.3 Å². The normalized spacial score (nSPS) is 16.2. The van der Waals surface area contributed by atoms with Crippen LogP contribution in [0.1, 0.15) is 40.6 Å². The summed E-state index contributed by atoms with van der Waals surface area (Å²) in [7, 11) is 0. The van der Waals surface area contributed by atoms with E-state index in [9.17, 15) is 24.0 Å². The van der Waals surface area contributed by atoms with E-state index in [1.165, 1.54) is 4.90 Å². The molecule has 3 heterocycles. The molecule has 0 bridgehead atoms. The molecule has 0 saturated carbocycles. The molecule has 28 heavy (non-hydrogen) atoms. The number of primary amides is 1. The Hall–Kier alpha value is -2.95. The third-order valence-corrected chi connectivity index (χ3v) is 5.67. The van der Waals surface area contributed by atoms with Gasteiger partial charge >= 0.3 is 6.09 Å². The van der Waals surface area contributed by atoms with Crippen molar-refractivity contribution >= 4 is 46.1 Å². The van der Waals surface area contributed by atoms with E-state index >= 15 is 0 Å². The summed E-state index contributed by atoms with van der Waals surface area (Å²) >= 11 is 1.15. The number of nitrogens with two attached hydrogens (primary N) is 1. The zero-order valence-corrected chi connectivity index (χ0v) is 16.1. The van der Waals surface area contributed by atoms with Crippen molar-refractivity contribution in [2.45, 2.75) is 32.7 Å². The van der Waals surface area contributed by atoms with E-state index in [2.05, 4.69) is 5.32 Å². The number of rotatable bonds is 5. The first-order chi connectivity index (χ1) is 13.3. The monoisotopic (exact) mass is 408 g/mol. The fraction of sp³-hybridized carbons (Fsp3) is 0.471. The highest BCUT2D eigenvalue weighted by Gasteiger charge is 2.32. The van der Waals surface area contributed by atoms with Gasteiger partial charge < -0.3 is 20.7 Å². The second-order valence-electron chi connectivity index (χ2n) is 6.36. The number of carbonyl (C=O) groups excluding carboxylic acids is 5. The molecule has 1 saturated heterocycles. The molecule has 2 aliphatic rings. The number of nitrogens with one attached hydrogen (secondary N) is 1. The van der Waals surface area contributed by atoms with Crippen LogP contribution in [0.3, 0.4) is 0 Å². The smallest absolute Gasteiger partial charge is 0.410 e. The number of anilines is 1. The summed E-state index contributed by atoms with van der Waals surface area (Å²) in [6, 6.07) is 0. The van der Waals surface area contributed by atoms with Gasteiger partial charge in [-0.25, -0.2) is 4.79 Å². The first-order valence-electron chi connectivity index (χ1n) is 8.80. The molecule has 11 heteroatoms. The number of likely N-dealkylation sites (tertiary alicyclic amines) is 1. The third kappa shape index (κ3) is 3.84. The van der Waals surface area contributed by atoms with Crippen LogP contribution in [0.2, 0.25) is 0 Å². The summed E-state index contributed by atoms with van der Waals surface area (Å²) in [5.74, 6) is -2.07. The van der Waals surface area contributed by atoms with E-state index in [0.29, 0.717) is 18.5 Å². The van der Waals surface area contributed by atoms with Crippen LogP contribution in [-0.2, 0) is 32.1 Å². The van der Waals surface area contributed by atoms with Gasteiger partial charge in [0.05, 0.1) is 18.7 Å². The molecule has 3 rings (SSSR count). The Morgan fingerprint density at radius 1 is 1.18 bits per heavy atom. The van der Waals surface area contributed by atoms with E-state index in [1.807, 2.05) is 0 Å². The summed E-state index contributed by atoms with van der Waals surface area (Å²) < 4.78 is 5.00. The van der Waals surface area contributed by atoms with Gasteiger partial charge in [-0.15, -0.1) is 11.3 Å². The fourth-order valence-corrected chi connectivity index (χ4v) is 4.52. The van der Waals surface area contributed by atoms with Crippen molar-refractivity contribution in [1.82, 2.24) is 9.80 Å². The van der Waals surface area contributed by atoms with Crippen LogP contribution in [0.25, 0.3) is 0 Å². The lowest BCUT2D eigenvalue weighted by atomic mass is 10.0. The lowest BCUT2D eigenvalue weighted by Gasteiger charge is -2.26.